The molecule has 2 N–H and O–H groups in total. The summed E-state index contributed by atoms with van der Waals surface area (Å²) in [7, 11) is 0. The highest BCUT2D eigenvalue weighted by Crippen LogP contribution is 2.38. The number of cyclic esters (lactones) is 1. The number of carbonyl (C=O) groups is 3. The van der Waals surface area contributed by atoms with Crippen LogP contribution in [0.1, 0.15) is 50.6 Å². The van der Waals surface area contributed by atoms with Crippen LogP contribution in [0.15, 0.2) is 35.5 Å². The van der Waals surface area contributed by atoms with E-state index < -0.39 is 18.0 Å². The van der Waals surface area contributed by atoms with E-state index in [9.17, 15) is 14.4 Å². The van der Waals surface area contributed by atoms with Crippen LogP contribution in [0.3, 0.4) is 0 Å². The van der Waals surface area contributed by atoms with Crippen molar-refractivity contribution in [2.75, 3.05) is 19.8 Å². The number of urea groups is 1. The molecule has 0 spiro atoms. The number of ether oxygens (including phenoxy) is 2. The molecule has 160 valence electrons. The van der Waals surface area contributed by atoms with E-state index >= 15 is 0 Å². The Kier molecular flexibility index (Phi) is 5.92. The van der Waals surface area contributed by atoms with Gasteiger partial charge >= 0.3 is 12.0 Å². The van der Waals surface area contributed by atoms with E-state index in [1.54, 1.807) is 6.07 Å². The summed E-state index contributed by atoms with van der Waals surface area (Å²) in [4.78, 5) is 39.3. The van der Waals surface area contributed by atoms with Gasteiger partial charge in [-0.05, 0) is 25.8 Å². The van der Waals surface area contributed by atoms with Gasteiger partial charge in [-0.3, -0.25) is 9.69 Å². The predicted octanol–water partition coefficient (Wildman–Crippen LogP) is 2.41. The van der Waals surface area contributed by atoms with Gasteiger partial charge in [-0.25, -0.2) is 9.59 Å². The zero-order valence-electron chi connectivity index (χ0n) is 17.1. The van der Waals surface area contributed by atoms with Crippen LogP contribution in [0.2, 0.25) is 0 Å². The molecule has 30 heavy (non-hydrogen) atoms. The van der Waals surface area contributed by atoms with E-state index in [1.165, 1.54) is 11.3 Å². The average Bonchev–Trinajstić information content (AvgIpc) is 3.13. The Hall–Kier alpha value is -3.03. The molecule has 1 atom stereocenters. The number of carbonyl (C=O) groups excluding carboxylic acids is 3. The number of hydrogen-bond donors (Lipinski definition) is 2. The molecule has 1 saturated carbocycles. The van der Waals surface area contributed by atoms with Gasteiger partial charge < -0.3 is 20.1 Å². The Labute approximate surface area is 175 Å². The zero-order chi connectivity index (χ0) is 21.1. The summed E-state index contributed by atoms with van der Waals surface area (Å²) in [6.45, 7) is 2.17. The van der Waals surface area contributed by atoms with Crippen LogP contribution in [0.25, 0.3) is 0 Å². The first kappa shape index (κ1) is 20.3. The van der Waals surface area contributed by atoms with Crippen LogP contribution in [-0.4, -0.2) is 48.6 Å². The second kappa shape index (κ2) is 8.77. The quantitative estimate of drug-likeness (QED) is 0.698. The van der Waals surface area contributed by atoms with Crippen LogP contribution in [0.4, 0.5) is 4.79 Å². The Balaban J connectivity index is 1.58. The molecule has 8 nitrogen and oxygen atoms in total. The monoisotopic (exact) mass is 413 g/mol. The fourth-order valence-electron chi connectivity index (χ4n) is 4.38. The van der Waals surface area contributed by atoms with Crippen LogP contribution in [0.5, 0.6) is 5.75 Å². The molecule has 8 heteroatoms. The van der Waals surface area contributed by atoms with Gasteiger partial charge in [0.25, 0.3) is 0 Å². The van der Waals surface area contributed by atoms with E-state index in [0.717, 1.165) is 25.7 Å². The normalized spacial score (nSPS) is 21.8. The average molecular weight is 413 g/mol. The highest BCUT2D eigenvalue weighted by Gasteiger charge is 2.43. The first-order valence-electron chi connectivity index (χ1n) is 10.6. The van der Waals surface area contributed by atoms with E-state index in [4.69, 9.17) is 9.47 Å². The summed E-state index contributed by atoms with van der Waals surface area (Å²) in [5.74, 6) is -0.115. The highest BCUT2D eigenvalue weighted by molar-refractivity contribution is 5.98. The fourth-order valence-corrected chi connectivity index (χ4v) is 4.38. The van der Waals surface area contributed by atoms with Gasteiger partial charge in [0, 0.05) is 11.6 Å². The number of benzene rings is 1. The molecule has 1 fully saturated rings. The fraction of sp³-hybridized carbons (Fsp3) is 0.500. The first-order valence-corrected chi connectivity index (χ1v) is 10.6. The van der Waals surface area contributed by atoms with Gasteiger partial charge in [-0.15, -0.1) is 0 Å². The molecule has 0 bridgehead atoms. The summed E-state index contributed by atoms with van der Waals surface area (Å²) in [5, 5.41) is 5.88. The lowest BCUT2D eigenvalue weighted by molar-refractivity contribution is -0.136. The second-order valence-corrected chi connectivity index (χ2v) is 7.78. The standard InChI is InChI=1S/C22H27N3O5/c1-2-29-17-11-7-6-10-15(17)20-19-16(13-30-21(19)27)25(22(28)24-20)12-18(26)23-14-8-4-3-5-9-14/h6-7,10-11,14,20H,2-5,8-9,12-13H2,1H3,(H,23,26)(H,24,28)/t20-/m0/s1. The van der Waals surface area contributed by atoms with Crippen molar-refractivity contribution < 1.29 is 23.9 Å². The van der Waals surface area contributed by atoms with Crippen molar-refractivity contribution in [2.24, 2.45) is 0 Å². The number of rotatable bonds is 6. The molecule has 4 rings (SSSR count). The van der Waals surface area contributed by atoms with E-state index in [0.29, 0.717) is 29.2 Å². The Bertz CT molecular complexity index is 875. The minimum atomic E-state index is -0.678. The van der Waals surface area contributed by atoms with Crippen LogP contribution in [0, 0.1) is 0 Å². The van der Waals surface area contributed by atoms with Crippen LogP contribution in [-0.2, 0) is 14.3 Å². The summed E-state index contributed by atoms with van der Waals surface area (Å²) in [6.07, 6.45) is 5.33. The molecule has 0 unspecified atom stereocenters. The third kappa shape index (κ3) is 3.99. The van der Waals surface area contributed by atoms with Crippen molar-refractivity contribution in [1.29, 1.82) is 0 Å². The molecule has 0 radical (unpaired) electrons. The number of hydrogen-bond acceptors (Lipinski definition) is 5. The van der Waals surface area contributed by atoms with Crippen molar-refractivity contribution in [1.82, 2.24) is 15.5 Å². The third-order valence-electron chi connectivity index (χ3n) is 5.80. The third-order valence-corrected chi connectivity index (χ3v) is 5.80. The molecule has 1 aromatic carbocycles. The number of esters is 1. The van der Waals surface area contributed by atoms with Crippen LogP contribution >= 0.6 is 0 Å². The lowest BCUT2D eigenvalue weighted by atomic mass is 9.94. The van der Waals surface area contributed by atoms with E-state index in [2.05, 4.69) is 10.6 Å². The minimum Gasteiger partial charge on any atom is -0.494 e. The molecule has 3 aliphatic rings. The summed E-state index contributed by atoms with van der Waals surface area (Å²) >= 11 is 0. The van der Waals surface area contributed by atoms with Crippen molar-refractivity contribution in [3.05, 3.63) is 41.1 Å². The zero-order valence-corrected chi connectivity index (χ0v) is 17.1. The van der Waals surface area contributed by atoms with Gasteiger partial charge in [0.2, 0.25) is 5.91 Å². The number of nitrogens with zero attached hydrogens (tertiary/aromatic N) is 1. The van der Waals surface area contributed by atoms with Gasteiger partial charge in [-0.1, -0.05) is 37.5 Å². The van der Waals surface area contributed by atoms with Gasteiger partial charge in [0.15, 0.2) is 0 Å². The lowest BCUT2D eigenvalue weighted by Crippen LogP contribution is -2.51. The Morgan fingerprint density at radius 3 is 2.77 bits per heavy atom. The molecule has 1 aliphatic carbocycles. The second-order valence-electron chi connectivity index (χ2n) is 7.78. The smallest absolute Gasteiger partial charge is 0.338 e. The molecule has 0 saturated heterocycles. The van der Waals surface area contributed by atoms with Crippen molar-refractivity contribution in [2.45, 2.75) is 51.1 Å². The van der Waals surface area contributed by atoms with Gasteiger partial charge in [0.1, 0.15) is 18.9 Å². The molecule has 2 heterocycles. The molecular weight excluding hydrogens is 386 g/mol. The molecular formula is C22H27N3O5. The topological polar surface area (TPSA) is 97.0 Å². The van der Waals surface area contributed by atoms with Crippen molar-refractivity contribution >= 4 is 17.9 Å². The Morgan fingerprint density at radius 1 is 1.23 bits per heavy atom. The van der Waals surface area contributed by atoms with E-state index in [1.807, 2.05) is 25.1 Å². The highest BCUT2D eigenvalue weighted by atomic mass is 16.5. The minimum absolute atomic E-state index is 0.0222. The maximum atomic E-state index is 12.9. The summed E-state index contributed by atoms with van der Waals surface area (Å²) in [6, 6.07) is 6.33. The number of para-hydroxylation sites is 1. The maximum Gasteiger partial charge on any atom is 0.338 e. The first-order chi connectivity index (χ1) is 14.6. The summed E-state index contributed by atoms with van der Waals surface area (Å²) < 4.78 is 10.9. The molecule has 1 aromatic rings. The maximum absolute atomic E-state index is 12.9. The van der Waals surface area contributed by atoms with Crippen LogP contribution < -0.4 is 15.4 Å². The summed E-state index contributed by atoms with van der Waals surface area (Å²) in [5.41, 5.74) is 1.48. The number of nitrogens with one attached hydrogen (secondary N) is 2. The molecule has 3 amide bonds. The molecule has 2 aliphatic heterocycles. The van der Waals surface area contributed by atoms with Gasteiger partial charge in [0.05, 0.1) is 23.9 Å². The van der Waals surface area contributed by atoms with Crippen molar-refractivity contribution in [3.63, 3.8) is 0 Å². The largest absolute Gasteiger partial charge is 0.494 e. The van der Waals surface area contributed by atoms with Gasteiger partial charge in [-0.2, -0.15) is 0 Å². The lowest BCUT2D eigenvalue weighted by Gasteiger charge is -2.33. The molecule has 0 aromatic heterocycles. The Morgan fingerprint density at radius 2 is 2.00 bits per heavy atom. The number of amides is 3. The van der Waals surface area contributed by atoms with Crippen molar-refractivity contribution in [3.8, 4) is 5.75 Å². The SMILES string of the molecule is CCOc1ccccc1[C@@H]1NC(=O)N(CC(=O)NC2CCCCC2)C2=C1C(=O)OC2. The van der Waals surface area contributed by atoms with E-state index in [-0.39, 0.29) is 25.1 Å². The predicted molar refractivity (Wildman–Crippen MR) is 109 cm³/mol.